The maximum absolute atomic E-state index is 11.6. The van der Waals surface area contributed by atoms with Crippen LogP contribution in [0.5, 0.6) is 11.5 Å². The van der Waals surface area contributed by atoms with Gasteiger partial charge in [-0.05, 0) is 57.9 Å². The number of rotatable bonds is 7. The van der Waals surface area contributed by atoms with Gasteiger partial charge in [0.2, 0.25) is 11.8 Å². The fourth-order valence-corrected chi connectivity index (χ4v) is 4.75. The van der Waals surface area contributed by atoms with Crippen molar-refractivity contribution in [3.63, 3.8) is 0 Å². The third-order valence-electron chi connectivity index (χ3n) is 7.11. The molecule has 1 amide bonds. The molecule has 2 aromatic rings. The molecule has 224 valence electrons. The molecule has 0 aromatic heterocycles. The number of hydrogen-bond acceptors (Lipinski definition) is 7. The molecule has 40 heavy (non-hydrogen) atoms. The molecule has 0 spiro atoms. The lowest BCUT2D eigenvalue weighted by atomic mass is 10.1. The third kappa shape index (κ3) is 9.24. The van der Waals surface area contributed by atoms with Crippen LogP contribution in [0.3, 0.4) is 0 Å². The fourth-order valence-electron chi connectivity index (χ4n) is 4.75. The summed E-state index contributed by atoms with van der Waals surface area (Å²) < 4.78 is 16.5. The van der Waals surface area contributed by atoms with Gasteiger partial charge in [-0.2, -0.15) is 0 Å². The van der Waals surface area contributed by atoms with Gasteiger partial charge in [0.25, 0.3) is 0 Å². The Kier molecular flexibility index (Phi) is 14.7. The van der Waals surface area contributed by atoms with Crippen LogP contribution in [0.2, 0.25) is 0 Å². The summed E-state index contributed by atoms with van der Waals surface area (Å²) >= 11 is 0. The van der Waals surface area contributed by atoms with Crippen molar-refractivity contribution in [3.05, 3.63) is 58.7 Å². The third-order valence-corrected chi connectivity index (χ3v) is 7.11. The molecule has 2 aliphatic heterocycles. The Bertz CT molecular complexity index is 1100. The zero-order valence-corrected chi connectivity index (χ0v) is 24.0. The number of nitrogens with zero attached hydrogens (tertiary/aromatic N) is 3. The van der Waals surface area contributed by atoms with Crippen LogP contribution in [0.1, 0.15) is 57.9 Å². The van der Waals surface area contributed by atoms with Crippen molar-refractivity contribution in [2.45, 2.75) is 74.6 Å². The minimum absolute atomic E-state index is 0. The van der Waals surface area contributed by atoms with Gasteiger partial charge in [0.15, 0.2) is 0 Å². The molecule has 2 atom stereocenters. The second kappa shape index (κ2) is 16.9. The van der Waals surface area contributed by atoms with Crippen LogP contribution in [0, 0.1) is 13.8 Å². The van der Waals surface area contributed by atoms with Crippen LogP contribution < -0.4 is 14.8 Å². The topological polar surface area (TPSA) is 75.6 Å². The largest absolute Gasteiger partial charge is 0.496 e. The monoisotopic (exact) mass is 556 g/mol. The number of nitrogens with one attached hydrogen (secondary N) is 1. The van der Waals surface area contributed by atoms with Gasteiger partial charge in [0.1, 0.15) is 11.5 Å². The minimum Gasteiger partial charge on any atom is -0.496 e. The Morgan fingerprint density at radius 1 is 0.875 bits per heavy atom. The second-order valence-electron chi connectivity index (χ2n) is 9.87. The maximum atomic E-state index is 11.6. The summed E-state index contributed by atoms with van der Waals surface area (Å²) in [5.74, 6) is 2.81. The van der Waals surface area contributed by atoms with Gasteiger partial charge in [-0.15, -0.1) is 0 Å². The molecular formula is C32H52N4O4. The van der Waals surface area contributed by atoms with Gasteiger partial charge in [-0.25, -0.2) is 0 Å². The Balaban J connectivity index is 0.000000383. The zero-order chi connectivity index (χ0) is 27.7. The molecule has 4 rings (SSSR count). The van der Waals surface area contributed by atoms with Crippen LogP contribution in [-0.4, -0.2) is 80.7 Å². The molecule has 2 heterocycles. The van der Waals surface area contributed by atoms with Crippen LogP contribution in [0.4, 0.5) is 0 Å². The highest BCUT2D eigenvalue weighted by Gasteiger charge is 2.26. The molecule has 0 unspecified atom stereocenters. The number of amides is 1. The Morgan fingerprint density at radius 3 is 1.90 bits per heavy atom. The lowest BCUT2D eigenvalue weighted by Gasteiger charge is -2.33. The van der Waals surface area contributed by atoms with Gasteiger partial charge in [-0.3, -0.25) is 19.6 Å². The Hall–Kier alpha value is -3.10. The Morgan fingerprint density at radius 2 is 1.40 bits per heavy atom. The van der Waals surface area contributed by atoms with Crippen LogP contribution in [0.25, 0.3) is 0 Å². The predicted octanol–water partition coefficient (Wildman–Crippen LogP) is 5.24. The number of carbonyl (C=O) groups excluding carboxylic acids is 1. The summed E-state index contributed by atoms with van der Waals surface area (Å²) in [6.07, 6.45) is 0. The average molecular weight is 557 g/mol. The highest BCUT2D eigenvalue weighted by molar-refractivity contribution is 5.82. The molecule has 8 heteroatoms. The summed E-state index contributed by atoms with van der Waals surface area (Å²) in [5, 5.41) is 2.87. The van der Waals surface area contributed by atoms with Crippen molar-refractivity contribution >= 4 is 11.8 Å². The molecule has 2 aromatic carbocycles. The van der Waals surface area contributed by atoms with E-state index < -0.39 is 0 Å². The van der Waals surface area contributed by atoms with Crippen molar-refractivity contribution in [1.29, 1.82) is 0 Å². The molecule has 1 N–H and O–H groups in total. The quantitative estimate of drug-likeness (QED) is 0.503. The van der Waals surface area contributed by atoms with Gasteiger partial charge < -0.3 is 19.5 Å². The summed E-state index contributed by atoms with van der Waals surface area (Å²) in [6.45, 7) is 15.8. The lowest BCUT2D eigenvalue weighted by Crippen LogP contribution is -2.53. The van der Waals surface area contributed by atoms with E-state index in [4.69, 9.17) is 14.2 Å². The highest BCUT2D eigenvalue weighted by Crippen LogP contribution is 2.24. The first-order valence-corrected chi connectivity index (χ1v) is 13.5. The van der Waals surface area contributed by atoms with Gasteiger partial charge in [0, 0.05) is 43.9 Å². The first kappa shape index (κ1) is 34.9. The first-order valence-electron chi connectivity index (χ1n) is 13.5. The van der Waals surface area contributed by atoms with Crippen molar-refractivity contribution in [2.24, 2.45) is 4.99 Å². The molecule has 8 nitrogen and oxygen atoms in total. The number of ether oxygens (including phenoxy) is 3. The summed E-state index contributed by atoms with van der Waals surface area (Å²) in [7, 11) is 3.41. The van der Waals surface area contributed by atoms with E-state index in [2.05, 4.69) is 64.3 Å². The number of methoxy groups -OCH3 is 2. The van der Waals surface area contributed by atoms with E-state index in [0.29, 0.717) is 6.61 Å². The van der Waals surface area contributed by atoms with Gasteiger partial charge >= 0.3 is 0 Å². The zero-order valence-electron chi connectivity index (χ0n) is 24.0. The van der Waals surface area contributed by atoms with Crippen LogP contribution >= 0.6 is 0 Å². The van der Waals surface area contributed by atoms with E-state index in [1.54, 1.807) is 14.2 Å². The average Bonchev–Trinajstić information content (AvgIpc) is 2.91. The van der Waals surface area contributed by atoms with Crippen molar-refractivity contribution in [3.8, 4) is 11.5 Å². The van der Waals surface area contributed by atoms with Crippen molar-refractivity contribution in [1.82, 2.24) is 15.1 Å². The molecule has 1 fully saturated rings. The molecule has 2 aliphatic rings. The van der Waals surface area contributed by atoms with Crippen molar-refractivity contribution in [2.75, 3.05) is 47.0 Å². The predicted molar refractivity (Wildman–Crippen MR) is 166 cm³/mol. The molecule has 0 aliphatic carbocycles. The Labute approximate surface area is 242 Å². The van der Waals surface area contributed by atoms with E-state index in [9.17, 15) is 4.79 Å². The normalized spacial score (nSPS) is 19.1. The maximum Gasteiger partial charge on any atom is 0.237 e. The van der Waals surface area contributed by atoms with E-state index >= 15 is 0 Å². The number of hydrogen-bond donors (Lipinski definition) is 1. The molecule has 0 radical (unpaired) electrons. The van der Waals surface area contributed by atoms with E-state index in [1.807, 2.05) is 26.8 Å². The van der Waals surface area contributed by atoms with Gasteiger partial charge in [-0.1, -0.05) is 39.1 Å². The minimum atomic E-state index is -0.0789. The van der Waals surface area contributed by atoms with E-state index in [0.717, 1.165) is 62.2 Å². The first-order chi connectivity index (χ1) is 18.3. The van der Waals surface area contributed by atoms with Crippen LogP contribution in [0.15, 0.2) is 41.4 Å². The van der Waals surface area contributed by atoms with Crippen LogP contribution in [-0.2, 0) is 22.6 Å². The number of aliphatic imine (C=N–C) groups is 1. The smallest absolute Gasteiger partial charge is 0.237 e. The summed E-state index contributed by atoms with van der Waals surface area (Å²) in [4.78, 5) is 20.6. The molecule has 1 saturated heterocycles. The number of benzene rings is 2. The number of aryl methyl sites for hydroxylation is 2. The molecular weight excluding hydrogens is 504 g/mol. The summed E-state index contributed by atoms with van der Waals surface area (Å²) in [6, 6.07) is 12.7. The van der Waals surface area contributed by atoms with Crippen molar-refractivity contribution < 1.29 is 19.0 Å². The number of carbonyl (C=O) groups is 1. The standard InChI is InChI=1S/C16H24N2O2.C14H20N2O2.2CH4/c1-5-20-16-13(3)18(9-8-17-16)11-14-7-6-12(2)10-15(14)19-4;1-10-4-5-12(13(8-10)18-3)9-16-7-6-15-14(17)11(16)2;;/h6-7,10,13H,5,8-9,11H2,1-4H3;4-5,8,11H,6-7,9H2,1-3H3,(H,15,17);2*1H4/t13-;11-;;/m11../s1. The van der Waals surface area contributed by atoms with E-state index in [1.165, 1.54) is 16.7 Å². The second-order valence-corrected chi connectivity index (χ2v) is 9.87. The highest BCUT2D eigenvalue weighted by atomic mass is 16.5. The lowest BCUT2D eigenvalue weighted by molar-refractivity contribution is -0.128. The van der Waals surface area contributed by atoms with E-state index in [-0.39, 0.29) is 32.8 Å². The van der Waals surface area contributed by atoms with Gasteiger partial charge in [0.05, 0.1) is 39.5 Å². The SMILES string of the molecule is C.C.CCOC1=NCCN(Cc2ccc(C)cc2OC)[C@@H]1C.COc1cc(C)ccc1CN1CCNC(=O)[C@H]1C. The molecule has 0 saturated carbocycles. The number of piperazine rings is 1. The summed E-state index contributed by atoms with van der Waals surface area (Å²) in [5.41, 5.74) is 4.74. The molecule has 0 bridgehead atoms. The fraction of sp³-hybridized carbons (Fsp3) is 0.562.